The first kappa shape index (κ1) is 26.1. The van der Waals surface area contributed by atoms with Crippen LogP contribution in [0.5, 0.6) is 0 Å². The van der Waals surface area contributed by atoms with Gasteiger partial charge < -0.3 is 9.47 Å². The van der Waals surface area contributed by atoms with Crippen molar-refractivity contribution >= 4 is 23.8 Å². The van der Waals surface area contributed by atoms with E-state index in [2.05, 4.69) is 0 Å². The Morgan fingerprint density at radius 3 is 1.89 bits per heavy atom. The van der Waals surface area contributed by atoms with E-state index in [1.807, 2.05) is 44.2 Å². The van der Waals surface area contributed by atoms with Crippen LogP contribution in [0.3, 0.4) is 0 Å². The summed E-state index contributed by atoms with van der Waals surface area (Å²) in [6, 6.07) is 15.7. The van der Waals surface area contributed by atoms with Crippen molar-refractivity contribution < 1.29 is 28.7 Å². The SMILES string of the molecule is CC(C)C[C@@H](C(=O)OC(C)(C)C)C(CN1C(=O)c2ccccc2C1=O)C(=O)OCc1ccccc1. The summed E-state index contributed by atoms with van der Waals surface area (Å²) in [7, 11) is 0. The lowest BCUT2D eigenvalue weighted by molar-refractivity contribution is -0.170. The van der Waals surface area contributed by atoms with Crippen molar-refractivity contribution in [3.8, 4) is 0 Å². The molecule has 0 aliphatic carbocycles. The number of rotatable bonds is 9. The minimum absolute atomic E-state index is 0.0149. The molecule has 1 aliphatic rings. The first-order valence-corrected chi connectivity index (χ1v) is 11.9. The molecule has 0 radical (unpaired) electrons. The van der Waals surface area contributed by atoms with Crippen molar-refractivity contribution in [2.45, 2.75) is 53.2 Å². The third kappa shape index (κ3) is 6.56. The topological polar surface area (TPSA) is 90.0 Å². The molecular weight excluding hydrogens is 446 g/mol. The maximum atomic E-state index is 13.4. The summed E-state index contributed by atoms with van der Waals surface area (Å²) in [6.07, 6.45) is 0.336. The van der Waals surface area contributed by atoms with Crippen molar-refractivity contribution in [1.82, 2.24) is 4.90 Å². The van der Waals surface area contributed by atoms with Gasteiger partial charge in [0.2, 0.25) is 0 Å². The van der Waals surface area contributed by atoms with Gasteiger partial charge >= 0.3 is 11.9 Å². The third-order valence-corrected chi connectivity index (χ3v) is 5.70. The molecule has 2 atom stereocenters. The first-order chi connectivity index (χ1) is 16.5. The van der Waals surface area contributed by atoms with Crippen LogP contribution in [0.4, 0.5) is 0 Å². The quantitative estimate of drug-likeness (QED) is 0.384. The molecule has 7 heteroatoms. The van der Waals surface area contributed by atoms with Gasteiger partial charge in [0.25, 0.3) is 11.8 Å². The highest BCUT2D eigenvalue weighted by Crippen LogP contribution is 2.30. The van der Waals surface area contributed by atoms with Crippen LogP contribution in [0.25, 0.3) is 0 Å². The zero-order chi connectivity index (χ0) is 25.8. The number of amides is 2. The number of ether oxygens (including phenoxy) is 2. The van der Waals surface area contributed by atoms with E-state index in [9.17, 15) is 19.2 Å². The summed E-state index contributed by atoms with van der Waals surface area (Å²) in [5.74, 6) is -4.08. The van der Waals surface area contributed by atoms with Crippen LogP contribution >= 0.6 is 0 Å². The van der Waals surface area contributed by atoms with Gasteiger partial charge in [-0.15, -0.1) is 0 Å². The van der Waals surface area contributed by atoms with Crippen molar-refractivity contribution in [3.05, 3.63) is 71.3 Å². The highest BCUT2D eigenvalue weighted by molar-refractivity contribution is 6.21. The Balaban J connectivity index is 1.92. The molecule has 0 fully saturated rings. The minimum Gasteiger partial charge on any atom is -0.461 e. The lowest BCUT2D eigenvalue weighted by atomic mass is 9.84. The molecule has 186 valence electrons. The molecule has 1 aliphatic heterocycles. The average Bonchev–Trinajstić information content (AvgIpc) is 3.04. The molecule has 0 N–H and O–H groups in total. The van der Waals surface area contributed by atoms with Gasteiger partial charge in [-0.2, -0.15) is 0 Å². The molecule has 35 heavy (non-hydrogen) atoms. The van der Waals surface area contributed by atoms with E-state index in [1.165, 1.54) is 0 Å². The van der Waals surface area contributed by atoms with Crippen LogP contribution in [0.2, 0.25) is 0 Å². The molecule has 0 spiro atoms. The first-order valence-electron chi connectivity index (χ1n) is 11.9. The minimum atomic E-state index is -1.07. The summed E-state index contributed by atoms with van der Waals surface area (Å²) < 4.78 is 11.2. The monoisotopic (exact) mass is 479 g/mol. The number of benzene rings is 2. The molecule has 7 nitrogen and oxygen atoms in total. The van der Waals surface area contributed by atoms with Gasteiger partial charge in [0.1, 0.15) is 12.2 Å². The molecule has 1 heterocycles. The molecule has 0 bridgehead atoms. The van der Waals surface area contributed by atoms with E-state index in [4.69, 9.17) is 9.47 Å². The molecular formula is C28H33NO6. The largest absolute Gasteiger partial charge is 0.461 e. The van der Waals surface area contributed by atoms with Gasteiger partial charge in [-0.1, -0.05) is 56.3 Å². The molecule has 0 saturated carbocycles. The van der Waals surface area contributed by atoms with E-state index >= 15 is 0 Å². The van der Waals surface area contributed by atoms with Gasteiger partial charge in [-0.25, -0.2) is 0 Å². The van der Waals surface area contributed by atoms with E-state index < -0.39 is 41.2 Å². The predicted molar refractivity (Wildman–Crippen MR) is 130 cm³/mol. The lowest BCUT2D eigenvalue weighted by Crippen LogP contribution is -2.44. The predicted octanol–water partition coefficient (Wildman–Crippen LogP) is 4.65. The van der Waals surface area contributed by atoms with Gasteiger partial charge in [0.05, 0.1) is 23.0 Å². The Kier molecular flexibility index (Phi) is 8.10. The number of imide groups is 1. The zero-order valence-corrected chi connectivity index (χ0v) is 20.9. The summed E-state index contributed by atoms with van der Waals surface area (Å²) in [5, 5.41) is 0. The van der Waals surface area contributed by atoms with Crippen LogP contribution in [0, 0.1) is 17.8 Å². The molecule has 2 aromatic carbocycles. The number of carbonyl (C=O) groups excluding carboxylic acids is 4. The zero-order valence-electron chi connectivity index (χ0n) is 20.9. The summed E-state index contributed by atoms with van der Waals surface area (Å²) in [5.41, 5.74) is 0.594. The van der Waals surface area contributed by atoms with Crippen LogP contribution in [-0.2, 0) is 25.7 Å². The van der Waals surface area contributed by atoms with E-state index in [0.717, 1.165) is 10.5 Å². The fraction of sp³-hybridized carbons (Fsp3) is 0.429. The van der Waals surface area contributed by atoms with Gasteiger partial charge in [-0.05, 0) is 50.8 Å². The normalized spacial score (nSPS) is 15.1. The number of carbonyl (C=O) groups is 4. The Labute approximate surface area is 206 Å². The van der Waals surface area contributed by atoms with E-state index in [-0.39, 0.29) is 30.2 Å². The Morgan fingerprint density at radius 1 is 0.829 bits per heavy atom. The van der Waals surface area contributed by atoms with Crippen LogP contribution < -0.4 is 0 Å². The smallest absolute Gasteiger partial charge is 0.311 e. The van der Waals surface area contributed by atoms with Gasteiger partial charge in [-0.3, -0.25) is 24.1 Å². The van der Waals surface area contributed by atoms with Crippen LogP contribution in [-0.4, -0.2) is 40.8 Å². The third-order valence-electron chi connectivity index (χ3n) is 5.70. The second kappa shape index (κ2) is 10.8. The highest BCUT2D eigenvalue weighted by Gasteiger charge is 2.44. The molecule has 2 amide bonds. The van der Waals surface area contributed by atoms with Gasteiger partial charge in [0, 0.05) is 6.54 Å². The van der Waals surface area contributed by atoms with E-state index in [0.29, 0.717) is 6.42 Å². The van der Waals surface area contributed by atoms with Crippen molar-refractivity contribution in [1.29, 1.82) is 0 Å². The van der Waals surface area contributed by atoms with Gasteiger partial charge in [0.15, 0.2) is 0 Å². The summed E-state index contributed by atoms with van der Waals surface area (Å²) in [4.78, 5) is 53.7. The van der Waals surface area contributed by atoms with Crippen LogP contribution in [0.1, 0.15) is 67.3 Å². The lowest BCUT2D eigenvalue weighted by Gasteiger charge is -2.31. The number of hydrogen-bond acceptors (Lipinski definition) is 6. The highest BCUT2D eigenvalue weighted by atomic mass is 16.6. The Bertz CT molecular complexity index is 1050. The maximum Gasteiger partial charge on any atom is 0.311 e. The molecule has 0 saturated heterocycles. The molecule has 2 aromatic rings. The number of esters is 2. The molecule has 3 rings (SSSR count). The van der Waals surface area contributed by atoms with E-state index in [1.54, 1.807) is 45.0 Å². The second-order valence-electron chi connectivity index (χ2n) is 10.2. The standard InChI is InChI=1S/C28H33NO6/c1-18(2)15-22(27(33)35-28(3,4)5)23(26(32)34-17-19-11-7-6-8-12-19)16-29-24(30)20-13-9-10-14-21(20)25(29)31/h6-14,18,22-23H,15-17H2,1-5H3/t22-,23?/m1/s1. The maximum absolute atomic E-state index is 13.4. The fourth-order valence-electron chi connectivity index (χ4n) is 4.11. The van der Waals surface area contributed by atoms with Crippen LogP contribution in [0.15, 0.2) is 54.6 Å². The number of hydrogen-bond donors (Lipinski definition) is 0. The summed E-state index contributed by atoms with van der Waals surface area (Å²) >= 11 is 0. The number of fused-ring (bicyclic) bond motifs is 1. The second-order valence-corrected chi connectivity index (χ2v) is 10.2. The molecule has 1 unspecified atom stereocenters. The fourth-order valence-corrected chi connectivity index (χ4v) is 4.11. The van der Waals surface area contributed by atoms with Crippen molar-refractivity contribution in [2.75, 3.05) is 6.54 Å². The average molecular weight is 480 g/mol. The summed E-state index contributed by atoms with van der Waals surface area (Å²) in [6.45, 7) is 8.88. The van der Waals surface area contributed by atoms with Crippen molar-refractivity contribution in [2.24, 2.45) is 17.8 Å². The van der Waals surface area contributed by atoms with Crippen molar-refractivity contribution in [3.63, 3.8) is 0 Å². The molecule has 0 aromatic heterocycles. The number of nitrogens with zero attached hydrogens (tertiary/aromatic N) is 1. The Morgan fingerprint density at radius 2 is 1.37 bits per heavy atom. The Hall–Kier alpha value is -3.48.